The van der Waals surface area contributed by atoms with Gasteiger partial charge in [-0.15, -0.1) is 0 Å². The molecule has 102 valence electrons. The molecular formula is C10H17N3O4S. The number of H-pyrrole nitrogens is 1. The SMILES string of the molecule is CCc1ncc(S(=O)(=O)N(C)CCCC(=O)O)[nH]1. The molecule has 2 N–H and O–H groups in total. The van der Waals surface area contributed by atoms with E-state index in [1.807, 2.05) is 6.92 Å². The number of carboxylic acid groups (broad SMARTS) is 1. The quantitative estimate of drug-likeness (QED) is 0.752. The maximum atomic E-state index is 12.0. The molecule has 1 aromatic rings. The van der Waals surface area contributed by atoms with Crippen LogP contribution >= 0.6 is 0 Å². The lowest BCUT2D eigenvalue weighted by atomic mass is 10.3. The van der Waals surface area contributed by atoms with Gasteiger partial charge in [-0.2, -0.15) is 4.31 Å². The van der Waals surface area contributed by atoms with Gasteiger partial charge in [0.2, 0.25) is 0 Å². The summed E-state index contributed by atoms with van der Waals surface area (Å²) in [5.74, 6) is -0.330. The summed E-state index contributed by atoms with van der Waals surface area (Å²) in [5, 5.41) is 8.54. The number of sulfonamides is 1. The van der Waals surface area contributed by atoms with Crippen LogP contribution in [0, 0.1) is 0 Å². The van der Waals surface area contributed by atoms with E-state index in [9.17, 15) is 13.2 Å². The molecule has 0 saturated heterocycles. The van der Waals surface area contributed by atoms with E-state index in [1.54, 1.807) is 0 Å². The fraction of sp³-hybridized carbons (Fsp3) is 0.600. The number of aromatic amines is 1. The van der Waals surface area contributed by atoms with Crippen molar-refractivity contribution in [2.45, 2.75) is 31.2 Å². The van der Waals surface area contributed by atoms with Gasteiger partial charge in [-0.3, -0.25) is 4.79 Å². The van der Waals surface area contributed by atoms with Crippen molar-refractivity contribution in [1.82, 2.24) is 14.3 Å². The lowest BCUT2D eigenvalue weighted by Crippen LogP contribution is -2.28. The topological polar surface area (TPSA) is 103 Å². The van der Waals surface area contributed by atoms with Crippen LogP contribution in [-0.2, 0) is 21.2 Å². The molecule has 0 aliphatic heterocycles. The first-order valence-corrected chi connectivity index (χ1v) is 7.04. The minimum Gasteiger partial charge on any atom is -0.481 e. The number of carbonyl (C=O) groups is 1. The molecule has 1 heterocycles. The summed E-state index contributed by atoms with van der Waals surface area (Å²) in [5.41, 5.74) is 0. The number of nitrogens with zero attached hydrogens (tertiary/aromatic N) is 2. The molecule has 0 unspecified atom stereocenters. The number of carboxylic acids is 1. The molecule has 1 aromatic heterocycles. The van der Waals surface area contributed by atoms with Crippen molar-refractivity contribution in [3.05, 3.63) is 12.0 Å². The average Bonchev–Trinajstić information content (AvgIpc) is 2.77. The summed E-state index contributed by atoms with van der Waals surface area (Å²) in [7, 11) is -2.18. The number of aliphatic carboxylic acids is 1. The van der Waals surface area contributed by atoms with E-state index in [0.29, 0.717) is 12.2 Å². The Bertz CT molecular complexity index is 509. The monoisotopic (exact) mass is 275 g/mol. The van der Waals surface area contributed by atoms with E-state index >= 15 is 0 Å². The van der Waals surface area contributed by atoms with E-state index in [1.165, 1.54) is 13.2 Å². The first kappa shape index (κ1) is 14.7. The highest BCUT2D eigenvalue weighted by molar-refractivity contribution is 7.89. The molecule has 1 rings (SSSR count). The highest BCUT2D eigenvalue weighted by Gasteiger charge is 2.22. The van der Waals surface area contributed by atoms with Crippen LogP contribution in [0.1, 0.15) is 25.6 Å². The number of imidazole rings is 1. The van der Waals surface area contributed by atoms with Gasteiger partial charge >= 0.3 is 5.97 Å². The molecule has 0 aliphatic carbocycles. The molecule has 0 spiro atoms. The van der Waals surface area contributed by atoms with Crippen molar-refractivity contribution in [1.29, 1.82) is 0 Å². The third-order valence-electron chi connectivity index (χ3n) is 2.49. The van der Waals surface area contributed by atoms with Crippen molar-refractivity contribution in [3.63, 3.8) is 0 Å². The largest absolute Gasteiger partial charge is 0.481 e. The van der Waals surface area contributed by atoms with E-state index in [-0.39, 0.29) is 24.4 Å². The zero-order valence-corrected chi connectivity index (χ0v) is 11.2. The lowest BCUT2D eigenvalue weighted by molar-refractivity contribution is -0.137. The first-order valence-electron chi connectivity index (χ1n) is 5.60. The highest BCUT2D eigenvalue weighted by atomic mass is 32.2. The number of hydrogen-bond acceptors (Lipinski definition) is 4. The van der Waals surface area contributed by atoms with Crippen molar-refractivity contribution in [2.75, 3.05) is 13.6 Å². The minimum atomic E-state index is -3.60. The van der Waals surface area contributed by atoms with Gasteiger partial charge in [0.15, 0.2) is 5.03 Å². The van der Waals surface area contributed by atoms with Gasteiger partial charge in [0.05, 0.1) is 6.20 Å². The molecule has 8 heteroatoms. The van der Waals surface area contributed by atoms with Gasteiger partial charge < -0.3 is 10.1 Å². The Balaban J connectivity index is 2.70. The van der Waals surface area contributed by atoms with E-state index in [0.717, 1.165) is 4.31 Å². The second-order valence-electron chi connectivity index (χ2n) is 3.87. The summed E-state index contributed by atoms with van der Waals surface area (Å²) in [6.45, 7) is 2.03. The molecule has 0 saturated carbocycles. The predicted octanol–water partition coefficient (Wildman–Crippen LogP) is 0.457. The van der Waals surface area contributed by atoms with Gasteiger partial charge in [0.25, 0.3) is 10.0 Å². The molecule has 0 bridgehead atoms. The average molecular weight is 275 g/mol. The second-order valence-corrected chi connectivity index (χ2v) is 5.88. The standard InChI is InChI=1S/C10H17N3O4S/c1-3-8-11-7-9(12-8)18(16,17)13(2)6-4-5-10(14)15/h7H,3-6H2,1-2H3,(H,11,12)(H,14,15). The van der Waals surface area contributed by atoms with Crippen LogP contribution in [-0.4, -0.2) is 47.4 Å². The van der Waals surface area contributed by atoms with Gasteiger partial charge in [-0.25, -0.2) is 13.4 Å². The van der Waals surface area contributed by atoms with Crippen molar-refractivity contribution in [3.8, 4) is 0 Å². The number of aromatic nitrogens is 2. The Morgan fingerprint density at radius 3 is 2.72 bits per heavy atom. The molecule has 7 nitrogen and oxygen atoms in total. The maximum Gasteiger partial charge on any atom is 0.303 e. The molecule has 18 heavy (non-hydrogen) atoms. The van der Waals surface area contributed by atoms with Crippen LogP contribution in [0.4, 0.5) is 0 Å². The third-order valence-corrected chi connectivity index (χ3v) is 4.26. The Morgan fingerprint density at radius 2 is 2.22 bits per heavy atom. The van der Waals surface area contributed by atoms with Gasteiger partial charge in [-0.05, 0) is 6.42 Å². The molecule has 0 radical (unpaired) electrons. The Morgan fingerprint density at radius 1 is 1.56 bits per heavy atom. The normalized spacial score (nSPS) is 11.9. The van der Waals surface area contributed by atoms with Crippen LogP contribution in [0.25, 0.3) is 0 Å². The Kier molecular flexibility index (Phi) is 4.85. The molecule has 0 atom stereocenters. The lowest BCUT2D eigenvalue weighted by Gasteiger charge is -2.14. The van der Waals surface area contributed by atoms with Crippen LogP contribution < -0.4 is 0 Å². The second kappa shape index (κ2) is 5.96. The predicted molar refractivity (Wildman–Crippen MR) is 64.7 cm³/mol. The van der Waals surface area contributed by atoms with E-state index < -0.39 is 16.0 Å². The number of aryl methyl sites for hydroxylation is 1. The summed E-state index contributed by atoms with van der Waals surface area (Å²) in [4.78, 5) is 17.0. The smallest absolute Gasteiger partial charge is 0.303 e. The van der Waals surface area contributed by atoms with E-state index in [4.69, 9.17) is 5.11 Å². The summed E-state index contributed by atoms with van der Waals surface area (Å²) >= 11 is 0. The maximum absolute atomic E-state index is 12.0. The van der Waals surface area contributed by atoms with Crippen molar-refractivity contribution >= 4 is 16.0 Å². The van der Waals surface area contributed by atoms with Gasteiger partial charge in [0, 0.05) is 26.4 Å². The zero-order chi connectivity index (χ0) is 13.8. The van der Waals surface area contributed by atoms with Gasteiger partial charge in [-0.1, -0.05) is 6.92 Å². The van der Waals surface area contributed by atoms with Crippen LogP contribution in [0.15, 0.2) is 11.2 Å². The minimum absolute atomic E-state index is 0.0391. The van der Waals surface area contributed by atoms with E-state index in [2.05, 4.69) is 9.97 Å². The third kappa shape index (κ3) is 3.54. The zero-order valence-electron chi connectivity index (χ0n) is 10.4. The van der Waals surface area contributed by atoms with Crippen molar-refractivity contribution < 1.29 is 18.3 Å². The van der Waals surface area contributed by atoms with Gasteiger partial charge in [0.1, 0.15) is 5.82 Å². The van der Waals surface area contributed by atoms with Crippen LogP contribution in [0.2, 0.25) is 0 Å². The van der Waals surface area contributed by atoms with Crippen LogP contribution in [0.3, 0.4) is 0 Å². The molecular weight excluding hydrogens is 258 g/mol. The molecule has 0 aromatic carbocycles. The van der Waals surface area contributed by atoms with Crippen molar-refractivity contribution in [2.24, 2.45) is 0 Å². The summed E-state index contributed by atoms with van der Waals surface area (Å²) < 4.78 is 25.2. The molecule has 0 aliphatic rings. The fourth-order valence-electron chi connectivity index (χ4n) is 1.40. The Labute approximate surface area is 106 Å². The number of hydrogen-bond donors (Lipinski definition) is 2. The first-order chi connectivity index (χ1) is 8.37. The molecule has 0 fully saturated rings. The summed E-state index contributed by atoms with van der Waals surface area (Å²) in [6.07, 6.45) is 2.13. The highest BCUT2D eigenvalue weighted by Crippen LogP contribution is 2.12. The fourth-order valence-corrected chi connectivity index (χ4v) is 2.53. The number of rotatable bonds is 7. The number of nitrogens with one attached hydrogen (secondary N) is 1. The molecule has 0 amide bonds. The van der Waals surface area contributed by atoms with Crippen LogP contribution in [0.5, 0.6) is 0 Å². The Hall–Kier alpha value is -1.41. The summed E-state index contributed by atoms with van der Waals surface area (Å²) in [6, 6.07) is 0.